The Morgan fingerprint density at radius 1 is 1.45 bits per heavy atom. The van der Waals surface area contributed by atoms with Gasteiger partial charge < -0.3 is 14.4 Å². The van der Waals surface area contributed by atoms with Gasteiger partial charge in [-0.15, -0.1) is 6.58 Å². The summed E-state index contributed by atoms with van der Waals surface area (Å²) in [6.45, 7) is 5.74. The van der Waals surface area contributed by atoms with Gasteiger partial charge in [-0.05, 0) is 60.0 Å². The van der Waals surface area contributed by atoms with Crippen molar-refractivity contribution in [3.05, 3.63) is 63.9 Å². The number of halogens is 1. The first-order chi connectivity index (χ1) is 14.9. The van der Waals surface area contributed by atoms with Gasteiger partial charge in [-0.3, -0.25) is 0 Å². The second-order valence-corrected chi connectivity index (χ2v) is 8.62. The zero-order valence-corrected chi connectivity index (χ0v) is 19.7. The Balaban J connectivity index is 2.04. The lowest BCUT2D eigenvalue weighted by Crippen LogP contribution is -2.08. The average molecular weight is 500 g/mol. The third kappa shape index (κ3) is 4.78. The van der Waals surface area contributed by atoms with Crippen LogP contribution >= 0.6 is 27.7 Å². The minimum Gasteiger partial charge on any atom is -0.507 e. The van der Waals surface area contributed by atoms with Crippen molar-refractivity contribution >= 4 is 44.6 Å². The number of aromatic hydroxyl groups is 1. The Kier molecular flexibility index (Phi) is 7.42. The Labute approximate surface area is 193 Å². The molecule has 1 aromatic carbocycles. The van der Waals surface area contributed by atoms with Crippen LogP contribution in [0.25, 0.3) is 10.9 Å². The lowest BCUT2D eigenvalue weighted by Gasteiger charge is -2.09. The highest BCUT2D eigenvalue weighted by molar-refractivity contribution is 9.10. The fraction of sp³-hybridized carbons (Fsp3) is 0.261. The number of hydrogen-bond acceptors (Lipinski definition) is 6. The third-order valence-electron chi connectivity index (χ3n) is 4.86. The number of fused-ring (bicyclic) bond motifs is 1. The van der Waals surface area contributed by atoms with E-state index in [9.17, 15) is 15.2 Å². The van der Waals surface area contributed by atoms with Gasteiger partial charge in [-0.2, -0.15) is 5.26 Å². The molecule has 0 amide bonds. The molecule has 0 aliphatic carbocycles. The number of thioether (sulfide) groups is 1. The predicted molar refractivity (Wildman–Crippen MR) is 125 cm³/mol. The zero-order chi connectivity index (χ0) is 22.5. The normalized spacial score (nSPS) is 10.8. The molecule has 1 N–H and O–H groups in total. The molecule has 0 unspecified atom stereocenters. The molecule has 31 heavy (non-hydrogen) atoms. The van der Waals surface area contributed by atoms with Gasteiger partial charge in [0.1, 0.15) is 16.8 Å². The molecule has 0 fully saturated rings. The number of aryl methyl sites for hydroxylation is 2. The Morgan fingerprint density at radius 3 is 2.90 bits per heavy atom. The van der Waals surface area contributed by atoms with Crippen molar-refractivity contribution in [2.24, 2.45) is 7.05 Å². The maximum absolute atomic E-state index is 12.8. The van der Waals surface area contributed by atoms with E-state index in [2.05, 4.69) is 33.6 Å². The molecule has 2 heterocycles. The van der Waals surface area contributed by atoms with E-state index >= 15 is 0 Å². The van der Waals surface area contributed by atoms with E-state index in [4.69, 9.17) is 4.74 Å². The number of nitrogens with zero attached hydrogens (tertiary/aromatic N) is 3. The highest BCUT2D eigenvalue weighted by Gasteiger charge is 2.24. The van der Waals surface area contributed by atoms with Crippen molar-refractivity contribution in [1.29, 1.82) is 5.26 Å². The second kappa shape index (κ2) is 10.0. The van der Waals surface area contributed by atoms with Crippen LogP contribution in [0.1, 0.15) is 40.7 Å². The number of rotatable bonds is 8. The number of carbonyl (C=O) groups is 1. The molecule has 6 nitrogen and oxygen atoms in total. The number of carbonyl (C=O) groups excluding carboxylic acids is 1. The molecule has 3 aromatic rings. The van der Waals surface area contributed by atoms with E-state index < -0.39 is 5.97 Å². The number of aromatic nitrogens is 2. The molecule has 0 saturated carbocycles. The Morgan fingerprint density at radius 2 is 2.23 bits per heavy atom. The SMILES string of the molecule is C=CCCc1ccc(C#N)c(SCc2c(C(=O)OCC)c3cc(O)c(Br)cc3n2C)n1. The van der Waals surface area contributed by atoms with Crippen molar-refractivity contribution < 1.29 is 14.6 Å². The molecule has 2 aromatic heterocycles. The number of nitriles is 1. The summed E-state index contributed by atoms with van der Waals surface area (Å²) < 4.78 is 7.74. The van der Waals surface area contributed by atoms with Crippen LogP contribution in [0.2, 0.25) is 0 Å². The van der Waals surface area contributed by atoms with Gasteiger partial charge in [0.2, 0.25) is 0 Å². The third-order valence-corrected chi connectivity index (χ3v) is 6.50. The maximum Gasteiger partial charge on any atom is 0.340 e. The van der Waals surface area contributed by atoms with Gasteiger partial charge in [0.25, 0.3) is 0 Å². The summed E-state index contributed by atoms with van der Waals surface area (Å²) in [4.78, 5) is 17.4. The number of pyridine rings is 1. The van der Waals surface area contributed by atoms with Crippen molar-refractivity contribution in [2.45, 2.75) is 30.5 Å². The minimum absolute atomic E-state index is 0.0474. The highest BCUT2D eigenvalue weighted by atomic mass is 79.9. The second-order valence-electron chi connectivity index (χ2n) is 6.81. The van der Waals surface area contributed by atoms with Gasteiger partial charge in [-0.25, -0.2) is 9.78 Å². The average Bonchev–Trinajstić information content (AvgIpc) is 3.02. The minimum atomic E-state index is -0.446. The van der Waals surface area contributed by atoms with Crippen LogP contribution in [-0.4, -0.2) is 27.2 Å². The van der Waals surface area contributed by atoms with Crippen molar-refractivity contribution in [3.8, 4) is 11.8 Å². The molecule has 8 heteroatoms. The van der Waals surface area contributed by atoms with Crippen molar-refractivity contribution in [2.75, 3.05) is 6.61 Å². The molecule has 3 rings (SSSR count). The van der Waals surface area contributed by atoms with E-state index in [1.54, 1.807) is 25.1 Å². The smallest absolute Gasteiger partial charge is 0.340 e. The van der Waals surface area contributed by atoms with Crippen molar-refractivity contribution in [1.82, 2.24) is 9.55 Å². The summed E-state index contributed by atoms with van der Waals surface area (Å²) in [6.07, 6.45) is 3.39. The van der Waals surface area contributed by atoms with Crippen LogP contribution < -0.4 is 0 Å². The van der Waals surface area contributed by atoms with E-state index in [0.29, 0.717) is 31.8 Å². The number of hydrogen-bond donors (Lipinski definition) is 1. The number of phenolic OH excluding ortho intramolecular Hbond substituents is 1. The van der Waals surface area contributed by atoms with Gasteiger partial charge >= 0.3 is 5.97 Å². The standard InChI is InChI=1S/C23H22BrN3O3S/c1-4-6-7-15-9-8-14(12-25)22(26-15)31-13-19-21(23(29)30-5-2)16-10-20(28)17(24)11-18(16)27(19)3/h4,8-11,28H,1,5-7,13H2,2-3H3. The molecule has 0 radical (unpaired) electrons. The first-order valence-electron chi connectivity index (χ1n) is 9.71. The van der Waals surface area contributed by atoms with E-state index in [-0.39, 0.29) is 12.4 Å². The molecule has 0 aliphatic heterocycles. The number of phenols is 1. The molecular weight excluding hydrogens is 478 g/mol. The largest absolute Gasteiger partial charge is 0.507 e. The molecule has 0 atom stereocenters. The van der Waals surface area contributed by atoms with E-state index in [0.717, 1.165) is 29.7 Å². The topological polar surface area (TPSA) is 88.1 Å². The lowest BCUT2D eigenvalue weighted by atomic mass is 10.1. The van der Waals surface area contributed by atoms with Crippen LogP contribution in [0.3, 0.4) is 0 Å². The maximum atomic E-state index is 12.8. The first kappa shape index (κ1) is 22.9. The van der Waals surface area contributed by atoms with Gasteiger partial charge in [0.15, 0.2) is 0 Å². The number of esters is 1. The van der Waals surface area contributed by atoms with Gasteiger partial charge in [0.05, 0.1) is 27.7 Å². The summed E-state index contributed by atoms with van der Waals surface area (Å²) in [5.41, 5.74) is 3.31. The first-order valence-corrected chi connectivity index (χ1v) is 11.5. The summed E-state index contributed by atoms with van der Waals surface area (Å²) >= 11 is 4.73. The van der Waals surface area contributed by atoms with Gasteiger partial charge in [-0.1, -0.05) is 17.8 Å². The number of benzene rings is 1. The summed E-state index contributed by atoms with van der Waals surface area (Å²) in [5.74, 6) is 0.00874. The Hall–Kier alpha value is -2.76. The fourth-order valence-electron chi connectivity index (χ4n) is 3.30. The molecule has 160 valence electrons. The highest BCUT2D eigenvalue weighted by Crippen LogP contribution is 2.36. The van der Waals surface area contributed by atoms with Crippen LogP contribution in [0.4, 0.5) is 0 Å². The summed E-state index contributed by atoms with van der Waals surface area (Å²) in [7, 11) is 1.86. The zero-order valence-electron chi connectivity index (χ0n) is 17.3. The number of ether oxygens (including phenoxy) is 1. The van der Waals surface area contributed by atoms with Crippen LogP contribution in [0.5, 0.6) is 5.75 Å². The number of allylic oxidation sites excluding steroid dienone is 1. The quantitative estimate of drug-likeness (QED) is 0.250. The van der Waals surface area contributed by atoms with Crippen LogP contribution in [-0.2, 0) is 24.0 Å². The summed E-state index contributed by atoms with van der Waals surface area (Å²) in [5, 5.41) is 20.9. The molecule has 0 aliphatic rings. The van der Waals surface area contributed by atoms with E-state index in [1.807, 2.05) is 23.8 Å². The van der Waals surface area contributed by atoms with Crippen LogP contribution in [0, 0.1) is 11.3 Å². The monoisotopic (exact) mass is 499 g/mol. The van der Waals surface area contributed by atoms with Crippen molar-refractivity contribution in [3.63, 3.8) is 0 Å². The summed E-state index contributed by atoms with van der Waals surface area (Å²) in [6, 6.07) is 9.16. The molecule has 0 bridgehead atoms. The molecular formula is C23H22BrN3O3S. The lowest BCUT2D eigenvalue weighted by molar-refractivity contribution is 0.0527. The molecule has 0 saturated heterocycles. The Bertz CT molecular complexity index is 1200. The molecule has 0 spiro atoms. The fourth-order valence-corrected chi connectivity index (χ4v) is 4.69. The van der Waals surface area contributed by atoms with Gasteiger partial charge in [0, 0.05) is 29.6 Å². The predicted octanol–water partition coefficient (Wildman–Crippen LogP) is 5.50. The van der Waals surface area contributed by atoms with Crippen LogP contribution in [0.15, 0.2) is 46.4 Å². The van der Waals surface area contributed by atoms with E-state index in [1.165, 1.54) is 11.8 Å².